The summed E-state index contributed by atoms with van der Waals surface area (Å²) < 4.78 is 6.18. The number of hydrogen-bond acceptors (Lipinski definition) is 3. The molecule has 1 aromatic rings. The van der Waals surface area contributed by atoms with Gasteiger partial charge in [0.05, 0.1) is 0 Å². The van der Waals surface area contributed by atoms with Crippen molar-refractivity contribution < 1.29 is 9.53 Å². The van der Waals surface area contributed by atoms with Crippen molar-refractivity contribution >= 4 is 21.7 Å². The molecule has 0 aliphatic rings. The van der Waals surface area contributed by atoms with Crippen LogP contribution >= 0.6 is 15.9 Å². The Balaban J connectivity index is 2.78. The Labute approximate surface area is 111 Å². The third-order valence-corrected chi connectivity index (χ3v) is 2.89. The lowest BCUT2D eigenvalue weighted by Gasteiger charge is -2.28. The number of ketones is 1. The Bertz CT molecular complexity index is 399. The van der Waals surface area contributed by atoms with E-state index < -0.39 is 0 Å². The maximum absolute atomic E-state index is 12.1. The quantitative estimate of drug-likeness (QED) is 0.858. The normalized spacial score (nSPS) is 13.5. The van der Waals surface area contributed by atoms with Crippen LogP contribution < -0.4 is 0 Å². The number of halogens is 1. The van der Waals surface area contributed by atoms with Gasteiger partial charge in [0.25, 0.3) is 0 Å². The smallest absolute Gasteiger partial charge is 0.166 e. The third-order valence-electron chi connectivity index (χ3n) is 2.45. The summed E-state index contributed by atoms with van der Waals surface area (Å²) in [6.45, 7) is 5.99. The van der Waals surface area contributed by atoms with Crippen LogP contribution in [0.25, 0.3) is 0 Å². The van der Waals surface area contributed by atoms with Gasteiger partial charge in [0.1, 0.15) is 6.10 Å². The molecule has 1 aromatic heterocycles. The lowest BCUT2D eigenvalue weighted by atomic mass is 9.85. The number of methoxy groups -OCH3 is 1. The van der Waals surface area contributed by atoms with Gasteiger partial charge in [-0.05, 0) is 33.0 Å². The first kappa shape index (κ1) is 14.3. The van der Waals surface area contributed by atoms with Gasteiger partial charge in [-0.2, -0.15) is 0 Å². The van der Waals surface area contributed by atoms with Crippen LogP contribution in [0.4, 0.5) is 0 Å². The monoisotopic (exact) mass is 299 g/mol. The first-order valence-corrected chi connectivity index (χ1v) is 6.29. The Hall–Kier alpha value is -0.740. The highest BCUT2D eigenvalue weighted by Crippen LogP contribution is 2.24. The van der Waals surface area contributed by atoms with Crippen molar-refractivity contribution in [2.75, 3.05) is 7.11 Å². The van der Waals surface area contributed by atoms with Crippen LogP contribution in [-0.2, 0) is 16.0 Å². The second-order valence-corrected chi connectivity index (χ2v) is 6.05. The van der Waals surface area contributed by atoms with E-state index in [0.29, 0.717) is 6.42 Å². The molecule has 0 N–H and O–H groups in total. The summed E-state index contributed by atoms with van der Waals surface area (Å²) in [5.74, 6) is 0.0832. The number of Topliss-reactive ketones (excluding diaryl/α,β-unsaturated/α-hetero) is 1. The van der Waals surface area contributed by atoms with Crippen LogP contribution in [0.15, 0.2) is 22.9 Å². The number of aromatic nitrogens is 1. The molecular weight excluding hydrogens is 282 g/mol. The van der Waals surface area contributed by atoms with Crippen LogP contribution in [0.2, 0.25) is 0 Å². The molecule has 4 heteroatoms. The maximum Gasteiger partial charge on any atom is 0.166 e. The predicted molar refractivity (Wildman–Crippen MR) is 70.9 cm³/mol. The molecule has 0 bridgehead atoms. The molecule has 1 atom stereocenters. The molecule has 1 heterocycles. The summed E-state index contributed by atoms with van der Waals surface area (Å²) >= 11 is 3.34. The second-order valence-electron chi connectivity index (χ2n) is 5.14. The fraction of sp³-hybridized carbons (Fsp3) is 0.538. The lowest BCUT2D eigenvalue weighted by molar-refractivity contribution is -0.134. The molecular formula is C13H18BrNO2. The number of carbonyl (C=O) groups is 1. The maximum atomic E-state index is 12.1. The zero-order valence-electron chi connectivity index (χ0n) is 10.7. The van der Waals surface area contributed by atoms with Gasteiger partial charge in [-0.25, -0.2) is 0 Å². The topological polar surface area (TPSA) is 39.2 Å². The molecule has 0 aromatic carbocycles. The summed E-state index contributed by atoms with van der Waals surface area (Å²) in [4.78, 5) is 16.2. The van der Waals surface area contributed by atoms with Gasteiger partial charge in [0, 0.05) is 30.4 Å². The zero-order valence-corrected chi connectivity index (χ0v) is 12.2. The van der Waals surface area contributed by atoms with Crippen molar-refractivity contribution in [1.29, 1.82) is 0 Å². The first-order valence-electron chi connectivity index (χ1n) is 5.49. The average molecular weight is 300 g/mol. The van der Waals surface area contributed by atoms with E-state index in [1.807, 2.05) is 26.8 Å². The fourth-order valence-electron chi connectivity index (χ4n) is 1.81. The zero-order chi connectivity index (χ0) is 13.1. The molecule has 0 amide bonds. The van der Waals surface area contributed by atoms with E-state index in [1.54, 1.807) is 19.5 Å². The molecule has 0 fully saturated rings. The van der Waals surface area contributed by atoms with E-state index in [0.717, 1.165) is 10.0 Å². The SMILES string of the molecule is COC(C(=O)Cc1cncc(Br)c1)C(C)(C)C. The largest absolute Gasteiger partial charge is 0.373 e. The molecule has 94 valence electrons. The van der Waals surface area contributed by atoms with Crippen molar-refractivity contribution in [3.05, 3.63) is 28.5 Å². The molecule has 0 aliphatic heterocycles. The van der Waals surface area contributed by atoms with Crippen LogP contribution in [0.3, 0.4) is 0 Å². The van der Waals surface area contributed by atoms with E-state index in [4.69, 9.17) is 4.74 Å². The number of pyridine rings is 1. The third kappa shape index (κ3) is 4.21. The molecule has 0 aliphatic carbocycles. The van der Waals surface area contributed by atoms with Crippen molar-refractivity contribution in [2.45, 2.75) is 33.3 Å². The number of nitrogens with zero attached hydrogens (tertiary/aromatic N) is 1. The highest BCUT2D eigenvalue weighted by Gasteiger charge is 2.30. The average Bonchev–Trinajstić information content (AvgIpc) is 2.15. The fourth-order valence-corrected chi connectivity index (χ4v) is 2.23. The Kier molecular flexibility index (Phi) is 4.83. The van der Waals surface area contributed by atoms with E-state index in [-0.39, 0.29) is 17.3 Å². The van der Waals surface area contributed by atoms with Crippen LogP contribution in [0.5, 0.6) is 0 Å². The summed E-state index contributed by atoms with van der Waals surface area (Å²) in [5.41, 5.74) is 0.710. The minimum Gasteiger partial charge on any atom is -0.373 e. The summed E-state index contributed by atoms with van der Waals surface area (Å²) in [6, 6.07) is 1.90. The van der Waals surface area contributed by atoms with Gasteiger partial charge in [-0.1, -0.05) is 20.8 Å². The van der Waals surface area contributed by atoms with Gasteiger partial charge in [0.2, 0.25) is 0 Å². The van der Waals surface area contributed by atoms with E-state index in [1.165, 1.54) is 0 Å². The number of ether oxygens (including phenoxy) is 1. The molecule has 0 saturated heterocycles. The van der Waals surface area contributed by atoms with Crippen molar-refractivity contribution in [3.63, 3.8) is 0 Å². The summed E-state index contributed by atoms with van der Waals surface area (Å²) in [7, 11) is 1.58. The van der Waals surface area contributed by atoms with Gasteiger partial charge < -0.3 is 4.74 Å². The lowest BCUT2D eigenvalue weighted by Crippen LogP contribution is -2.37. The molecule has 1 unspecified atom stereocenters. The molecule has 17 heavy (non-hydrogen) atoms. The Morgan fingerprint density at radius 2 is 2.12 bits per heavy atom. The predicted octanol–water partition coefficient (Wildman–Crippen LogP) is 3.02. The van der Waals surface area contributed by atoms with Crippen molar-refractivity contribution in [2.24, 2.45) is 5.41 Å². The van der Waals surface area contributed by atoms with Crippen molar-refractivity contribution in [3.8, 4) is 0 Å². The van der Waals surface area contributed by atoms with Gasteiger partial charge in [-0.3, -0.25) is 9.78 Å². The number of carbonyl (C=O) groups excluding carboxylic acids is 1. The minimum absolute atomic E-state index is 0.0832. The number of rotatable bonds is 4. The van der Waals surface area contributed by atoms with Crippen LogP contribution in [-0.4, -0.2) is 24.0 Å². The first-order chi connectivity index (χ1) is 7.84. The standard InChI is InChI=1S/C13H18BrNO2/c1-13(2,3)12(17-4)11(16)6-9-5-10(14)8-15-7-9/h5,7-8,12H,6H2,1-4H3. The molecule has 0 saturated carbocycles. The molecule has 3 nitrogen and oxygen atoms in total. The van der Waals surface area contributed by atoms with Crippen LogP contribution in [0, 0.1) is 5.41 Å². The highest BCUT2D eigenvalue weighted by atomic mass is 79.9. The molecule has 0 spiro atoms. The van der Waals surface area contributed by atoms with Gasteiger partial charge in [0.15, 0.2) is 5.78 Å². The van der Waals surface area contributed by atoms with Crippen LogP contribution in [0.1, 0.15) is 26.3 Å². The number of hydrogen-bond donors (Lipinski definition) is 0. The van der Waals surface area contributed by atoms with Gasteiger partial charge >= 0.3 is 0 Å². The van der Waals surface area contributed by atoms with E-state index >= 15 is 0 Å². The highest BCUT2D eigenvalue weighted by molar-refractivity contribution is 9.10. The minimum atomic E-state index is -0.388. The van der Waals surface area contributed by atoms with E-state index in [2.05, 4.69) is 20.9 Å². The second kappa shape index (κ2) is 5.74. The van der Waals surface area contributed by atoms with Gasteiger partial charge in [-0.15, -0.1) is 0 Å². The van der Waals surface area contributed by atoms with Crippen molar-refractivity contribution in [1.82, 2.24) is 4.98 Å². The van der Waals surface area contributed by atoms with E-state index in [9.17, 15) is 4.79 Å². The summed E-state index contributed by atoms with van der Waals surface area (Å²) in [6.07, 6.45) is 3.37. The molecule has 1 rings (SSSR count). The Morgan fingerprint density at radius 1 is 1.47 bits per heavy atom. The molecule has 0 radical (unpaired) electrons. The summed E-state index contributed by atoms with van der Waals surface area (Å²) in [5, 5.41) is 0. The Morgan fingerprint density at radius 3 is 2.59 bits per heavy atom.